The van der Waals surface area contributed by atoms with Crippen molar-refractivity contribution in [1.29, 1.82) is 0 Å². The van der Waals surface area contributed by atoms with Gasteiger partial charge in [-0.05, 0) is 61.9 Å². The minimum atomic E-state index is -0.200. The van der Waals surface area contributed by atoms with Crippen molar-refractivity contribution in [1.82, 2.24) is 14.6 Å². The first-order valence-electron chi connectivity index (χ1n) is 9.58. The Morgan fingerprint density at radius 3 is 2.43 bits per heavy atom. The summed E-state index contributed by atoms with van der Waals surface area (Å²) in [7, 11) is 1.61. The second kappa shape index (κ2) is 8.54. The van der Waals surface area contributed by atoms with Crippen LogP contribution in [-0.4, -0.2) is 34.9 Å². The van der Waals surface area contributed by atoms with Gasteiger partial charge in [-0.2, -0.15) is 9.50 Å². The summed E-state index contributed by atoms with van der Waals surface area (Å²) in [6, 6.07) is 13.0. The molecular weight excluding hydrogens is 402 g/mol. The fourth-order valence-electron chi connectivity index (χ4n) is 3.00. The third-order valence-electron chi connectivity index (χ3n) is 4.40. The molecule has 2 aromatic heterocycles. The van der Waals surface area contributed by atoms with Crippen LogP contribution in [0.1, 0.15) is 19.4 Å². The molecule has 154 valence electrons. The van der Waals surface area contributed by atoms with E-state index in [1.165, 1.54) is 15.9 Å². The summed E-state index contributed by atoms with van der Waals surface area (Å²) in [5.74, 6) is 2.60. The Bertz CT molecular complexity index is 1280. The van der Waals surface area contributed by atoms with Crippen LogP contribution in [0.2, 0.25) is 0 Å². The van der Waals surface area contributed by atoms with Gasteiger partial charge in [0.1, 0.15) is 5.75 Å². The molecule has 7 nitrogen and oxygen atoms in total. The summed E-state index contributed by atoms with van der Waals surface area (Å²) in [5.41, 5.74) is 1.47. The molecule has 0 spiro atoms. The van der Waals surface area contributed by atoms with Crippen LogP contribution in [0.3, 0.4) is 0 Å². The first-order chi connectivity index (χ1) is 14.6. The van der Waals surface area contributed by atoms with Gasteiger partial charge < -0.3 is 14.2 Å². The van der Waals surface area contributed by atoms with Gasteiger partial charge >= 0.3 is 0 Å². The van der Waals surface area contributed by atoms with Crippen LogP contribution in [0.5, 0.6) is 17.2 Å². The van der Waals surface area contributed by atoms with Crippen molar-refractivity contribution in [3.63, 3.8) is 0 Å². The van der Waals surface area contributed by atoms with Crippen LogP contribution in [0.15, 0.2) is 47.3 Å². The number of hydrogen-bond donors (Lipinski definition) is 0. The topological polar surface area (TPSA) is 75.0 Å². The van der Waals surface area contributed by atoms with Crippen molar-refractivity contribution in [3.8, 4) is 28.6 Å². The monoisotopic (exact) mass is 423 g/mol. The van der Waals surface area contributed by atoms with Crippen LogP contribution in [0.25, 0.3) is 22.4 Å². The highest BCUT2D eigenvalue weighted by atomic mass is 32.1. The van der Waals surface area contributed by atoms with E-state index in [9.17, 15) is 4.79 Å². The Morgan fingerprint density at radius 1 is 1.03 bits per heavy atom. The van der Waals surface area contributed by atoms with Crippen molar-refractivity contribution in [2.24, 2.45) is 0 Å². The Labute approximate surface area is 177 Å². The highest BCUT2D eigenvalue weighted by Crippen LogP contribution is 2.29. The zero-order chi connectivity index (χ0) is 21.1. The Morgan fingerprint density at radius 2 is 1.77 bits per heavy atom. The quantitative estimate of drug-likeness (QED) is 0.455. The molecule has 2 heterocycles. The maximum Gasteiger partial charge on any atom is 0.291 e. The molecule has 2 aromatic carbocycles. The summed E-state index contributed by atoms with van der Waals surface area (Å²) in [6.07, 6.45) is 1.81. The molecule has 0 atom stereocenters. The summed E-state index contributed by atoms with van der Waals surface area (Å²) in [5, 5.41) is 4.38. The Balaban J connectivity index is 1.70. The molecule has 0 aliphatic rings. The van der Waals surface area contributed by atoms with Crippen LogP contribution >= 0.6 is 11.3 Å². The number of fused-ring (bicyclic) bond motifs is 1. The predicted octanol–water partition coefficient (Wildman–Crippen LogP) is 3.17. The standard InChI is InChI=1S/C22H21N3O4S/c1-4-28-17-11-6-14(12-18(17)29-5-2)13-19-21(26)25-22(30-19)23-20(24-25)15-7-9-16(27-3)10-8-15/h6-13H,4-5H2,1-3H3. The van der Waals surface area contributed by atoms with Gasteiger partial charge in [-0.3, -0.25) is 4.79 Å². The summed E-state index contributed by atoms with van der Waals surface area (Å²) in [6.45, 7) is 4.93. The van der Waals surface area contributed by atoms with E-state index in [0.717, 1.165) is 16.9 Å². The minimum Gasteiger partial charge on any atom is -0.497 e. The summed E-state index contributed by atoms with van der Waals surface area (Å²) in [4.78, 5) is 17.9. The van der Waals surface area contributed by atoms with Gasteiger partial charge in [-0.1, -0.05) is 17.4 Å². The first kappa shape index (κ1) is 19.9. The zero-order valence-corrected chi connectivity index (χ0v) is 17.7. The minimum absolute atomic E-state index is 0.200. The molecule has 0 saturated carbocycles. The van der Waals surface area contributed by atoms with E-state index in [0.29, 0.717) is 40.0 Å². The van der Waals surface area contributed by atoms with Gasteiger partial charge in [0.2, 0.25) is 4.96 Å². The maximum atomic E-state index is 12.8. The second-order valence-corrected chi connectivity index (χ2v) is 7.36. The van der Waals surface area contributed by atoms with E-state index in [2.05, 4.69) is 10.1 Å². The van der Waals surface area contributed by atoms with Crippen molar-refractivity contribution >= 4 is 22.4 Å². The molecule has 0 aliphatic carbocycles. The Hall–Kier alpha value is -3.39. The van der Waals surface area contributed by atoms with Gasteiger partial charge in [-0.25, -0.2) is 0 Å². The van der Waals surface area contributed by atoms with E-state index in [1.54, 1.807) is 7.11 Å². The molecule has 0 fully saturated rings. The van der Waals surface area contributed by atoms with Gasteiger partial charge in [0.25, 0.3) is 5.56 Å². The molecular formula is C22H21N3O4S. The van der Waals surface area contributed by atoms with E-state index in [1.807, 2.05) is 62.4 Å². The molecule has 4 rings (SSSR count). The third-order valence-corrected chi connectivity index (χ3v) is 5.35. The molecule has 0 saturated heterocycles. The molecule has 0 amide bonds. The van der Waals surface area contributed by atoms with Crippen molar-refractivity contribution < 1.29 is 14.2 Å². The highest BCUT2D eigenvalue weighted by molar-refractivity contribution is 7.15. The van der Waals surface area contributed by atoms with Crippen molar-refractivity contribution in [2.45, 2.75) is 13.8 Å². The third kappa shape index (κ3) is 3.86. The number of rotatable bonds is 7. The van der Waals surface area contributed by atoms with Crippen LogP contribution in [-0.2, 0) is 0 Å². The zero-order valence-electron chi connectivity index (χ0n) is 16.9. The van der Waals surface area contributed by atoms with Crippen LogP contribution in [0, 0.1) is 0 Å². The number of benzene rings is 2. The lowest BCUT2D eigenvalue weighted by atomic mass is 10.2. The van der Waals surface area contributed by atoms with Crippen LogP contribution in [0.4, 0.5) is 0 Å². The number of hydrogen-bond acceptors (Lipinski definition) is 7. The number of aromatic nitrogens is 3. The molecule has 0 aliphatic heterocycles. The van der Waals surface area contributed by atoms with E-state index < -0.39 is 0 Å². The normalized spacial score (nSPS) is 11.8. The molecule has 0 N–H and O–H groups in total. The van der Waals surface area contributed by atoms with Gasteiger partial charge in [-0.15, -0.1) is 5.10 Å². The van der Waals surface area contributed by atoms with E-state index in [4.69, 9.17) is 14.2 Å². The van der Waals surface area contributed by atoms with Crippen molar-refractivity contribution in [2.75, 3.05) is 20.3 Å². The predicted molar refractivity (Wildman–Crippen MR) is 117 cm³/mol. The fourth-order valence-corrected chi connectivity index (χ4v) is 3.91. The van der Waals surface area contributed by atoms with Crippen molar-refractivity contribution in [3.05, 3.63) is 62.9 Å². The lowest BCUT2D eigenvalue weighted by Crippen LogP contribution is -2.23. The van der Waals surface area contributed by atoms with E-state index >= 15 is 0 Å². The highest BCUT2D eigenvalue weighted by Gasteiger charge is 2.12. The smallest absolute Gasteiger partial charge is 0.291 e. The molecule has 0 radical (unpaired) electrons. The summed E-state index contributed by atoms with van der Waals surface area (Å²) >= 11 is 1.30. The van der Waals surface area contributed by atoms with Gasteiger partial charge in [0.05, 0.1) is 24.9 Å². The number of ether oxygens (including phenoxy) is 3. The second-order valence-electron chi connectivity index (χ2n) is 6.35. The average Bonchev–Trinajstić information content (AvgIpc) is 3.30. The summed E-state index contributed by atoms with van der Waals surface area (Å²) < 4.78 is 18.3. The molecule has 0 bridgehead atoms. The van der Waals surface area contributed by atoms with E-state index in [-0.39, 0.29) is 5.56 Å². The largest absolute Gasteiger partial charge is 0.497 e. The number of thiazole rings is 1. The lowest BCUT2D eigenvalue weighted by molar-refractivity contribution is 0.287. The SMILES string of the molecule is CCOc1ccc(C=c2sc3nc(-c4ccc(OC)cc4)nn3c2=O)cc1OCC. The maximum absolute atomic E-state index is 12.8. The van der Waals surface area contributed by atoms with Gasteiger partial charge in [0, 0.05) is 5.56 Å². The average molecular weight is 423 g/mol. The lowest BCUT2D eigenvalue weighted by Gasteiger charge is -2.11. The van der Waals surface area contributed by atoms with Crippen LogP contribution < -0.4 is 24.3 Å². The molecule has 4 aromatic rings. The Kier molecular flexibility index (Phi) is 5.67. The van der Waals surface area contributed by atoms with Gasteiger partial charge in [0.15, 0.2) is 17.3 Å². The first-order valence-corrected chi connectivity index (χ1v) is 10.4. The fraction of sp³-hybridized carbons (Fsp3) is 0.227. The molecule has 0 unspecified atom stereocenters. The molecule has 8 heteroatoms. The number of methoxy groups -OCH3 is 1. The molecule has 30 heavy (non-hydrogen) atoms. The number of nitrogens with zero attached hydrogens (tertiary/aromatic N) is 3.